The van der Waals surface area contributed by atoms with Crippen LogP contribution in [0.3, 0.4) is 0 Å². The summed E-state index contributed by atoms with van der Waals surface area (Å²) >= 11 is 6.72. The Labute approximate surface area is 422 Å². The third kappa shape index (κ3) is 7.29. The molecule has 8 heteroatoms. The summed E-state index contributed by atoms with van der Waals surface area (Å²) < 4.78 is 18.3. The van der Waals surface area contributed by atoms with Crippen LogP contribution in [-0.2, 0) is 6.42 Å². The fourth-order valence-corrected chi connectivity index (χ4v) is 11.1. The molecule has 0 saturated carbocycles. The van der Waals surface area contributed by atoms with Crippen LogP contribution in [0.1, 0.15) is 11.1 Å². The predicted octanol–water partition coefficient (Wildman–Crippen LogP) is 16.9. The second-order valence-electron chi connectivity index (χ2n) is 17.7. The number of benzene rings is 10. The van der Waals surface area contributed by atoms with Gasteiger partial charge in [-0.25, -0.2) is 0 Å². The molecule has 0 amide bonds. The lowest BCUT2D eigenvalue weighted by Crippen LogP contribution is -2.04. The molecule has 4 heterocycles. The van der Waals surface area contributed by atoms with Crippen LogP contribution in [0.4, 0.5) is 0 Å². The van der Waals surface area contributed by atoms with E-state index in [1.54, 1.807) is 24.3 Å². The van der Waals surface area contributed by atoms with Gasteiger partial charge in [-0.05, 0) is 120 Å². The maximum atomic E-state index is 13.9. The molecule has 0 saturated heterocycles. The van der Waals surface area contributed by atoms with Crippen molar-refractivity contribution in [2.45, 2.75) is 6.42 Å². The van der Waals surface area contributed by atoms with E-state index in [4.69, 9.17) is 8.83 Å². The van der Waals surface area contributed by atoms with E-state index in [9.17, 15) is 9.59 Å². The topological polar surface area (TPSA) is 70.3 Å². The number of para-hydroxylation sites is 4. The summed E-state index contributed by atoms with van der Waals surface area (Å²) in [5, 5.41) is 7.09. The summed E-state index contributed by atoms with van der Waals surface area (Å²) in [5.74, 6) is 0. The molecule has 14 aromatic rings. The van der Waals surface area contributed by atoms with Crippen LogP contribution >= 0.6 is 31.9 Å². The van der Waals surface area contributed by atoms with Crippen molar-refractivity contribution in [3.63, 3.8) is 0 Å². The van der Waals surface area contributed by atoms with Crippen LogP contribution in [0.15, 0.2) is 246 Å². The molecule has 15 rings (SSSR count). The fraction of sp³-hybridized carbons (Fsp3) is 0.0159. The molecule has 338 valence electrons. The van der Waals surface area contributed by atoms with Gasteiger partial charge in [-0.2, -0.15) is 0 Å². The summed E-state index contributed by atoms with van der Waals surface area (Å²) in [4.78, 5) is 26.1. The summed E-state index contributed by atoms with van der Waals surface area (Å²) in [5.41, 5.74) is 14.4. The van der Waals surface area contributed by atoms with E-state index in [0.29, 0.717) is 43.9 Å². The minimum Gasteiger partial charge on any atom is -0.456 e. The first-order valence-electron chi connectivity index (χ1n) is 23.3. The third-order valence-electron chi connectivity index (χ3n) is 13.6. The van der Waals surface area contributed by atoms with Crippen molar-refractivity contribution in [3.05, 3.63) is 259 Å². The first kappa shape index (κ1) is 42.8. The normalized spacial score (nSPS) is 11.9. The molecule has 0 unspecified atom stereocenters. The first-order valence-corrected chi connectivity index (χ1v) is 24.9. The zero-order chi connectivity index (χ0) is 47.7. The molecular weight excluding hydrogens is 1010 g/mol. The van der Waals surface area contributed by atoms with E-state index >= 15 is 0 Å². The molecule has 0 fully saturated rings. The minimum absolute atomic E-state index is 0.00458. The highest BCUT2D eigenvalue weighted by Crippen LogP contribution is 2.37. The van der Waals surface area contributed by atoms with E-state index in [1.165, 1.54) is 43.8 Å². The smallest absolute Gasteiger partial charge is 0.200 e. The van der Waals surface area contributed by atoms with Gasteiger partial charge >= 0.3 is 0 Å². The van der Waals surface area contributed by atoms with Crippen LogP contribution in [0.2, 0.25) is 0 Å². The van der Waals surface area contributed by atoms with Crippen molar-refractivity contribution in [1.29, 1.82) is 0 Å². The molecule has 1 aliphatic rings. The van der Waals surface area contributed by atoms with Gasteiger partial charge in [0.25, 0.3) is 0 Å². The van der Waals surface area contributed by atoms with E-state index in [1.807, 2.05) is 48.5 Å². The first-order chi connectivity index (χ1) is 34.9. The molecular formula is C63H38Br2N2O4. The SMILES string of the molecule is O=c1c2ccc(-n3c4ccccc4c4ccccc43)cc2oc2ccc(-n3c4ccccc4c4ccccc43)cc12.O=c1c2ccc(Br)cc2oc2ccc(Br)cc12.c1ccc2c(c1)Cc1ccccc1-2. The number of hydrogen-bond donors (Lipinski definition) is 0. The van der Waals surface area contributed by atoms with Crippen LogP contribution in [0.5, 0.6) is 0 Å². The Morgan fingerprint density at radius 1 is 0.324 bits per heavy atom. The molecule has 6 nitrogen and oxygen atoms in total. The van der Waals surface area contributed by atoms with Gasteiger partial charge in [0.1, 0.15) is 22.3 Å². The van der Waals surface area contributed by atoms with Crippen molar-refractivity contribution in [2.24, 2.45) is 0 Å². The van der Waals surface area contributed by atoms with Crippen LogP contribution in [-0.4, -0.2) is 9.13 Å². The van der Waals surface area contributed by atoms with Gasteiger partial charge in [-0.1, -0.05) is 153 Å². The van der Waals surface area contributed by atoms with Crippen molar-refractivity contribution >= 4 is 119 Å². The lowest BCUT2D eigenvalue weighted by molar-refractivity contribution is 0.659. The Kier molecular flexibility index (Phi) is 10.4. The highest BCUT2D eigenvalue weighted by atomic mass is 79.9. The standard InChI is InChI=1S/C37H22N2O2.C13H6Br2O2.C13H10/c40-37-29-19-17-24(39-33-15-7-3-11-27(33)28-12-4-8-16-34(28)39)22-36(29)41-35-20-18-23(21-30(35)37)38-31-13-5-1-9-25(31)26-10-2-6-14-32(26)38;14-7-2-4-11-10(5-7)13(16)9-3-1-8(15)6-12(9)17-11;1-3-7-12-10(5-1)9-11-6-2-4-8-13(11)12/h1-22H;1-6H;1-8H,9H2. The highest BCUT2D eigenvalue weighted by molar-refractivity contribution is 9.10. The number of rotatable bonds is 2. The van der Waals surface area contributed by atoms with Crippen molar-refractivity contribution in [1.82, 2.24) is 9.13 Å². The second kappa shape index (κ2) is 17.3. The maximum absolute atomic E-state index is 13.9. The lowest BCUT2D eigenvalue weighted by Gasteiger charge is -2.11. The average molecular weight is 1050 g/mol. The Bertz CT molecular complexity index is 4450. The van der Waals surface area contributed by atoms with Crippen molar-refractivity contribution < 1.29 is 8.83 Å². The molecule has 71 heavy (non-hydrogen) atoms. The van der Waals surface area contributed by atoms with Gasteiger partial charge in [0.15, 0.2) is 0 Å². The fourth-order valence-electron chi connectivity index (χ4n) is 10.4. The number of aromatic nitrogens is 2. The Balaban J connectivity index is 0.000000133. The minimum atomic E-state index is -0.0300. The Morgan fingerprint density at radius 2 is 0.704 bits per heavy atom. The van der Waals surface area contributed by atoms with Gasteiger partial charge in [-0.3, -0.25) is 9.59 Å². The maximum Gasteiger partial charge on any atom is 0.200 e. The Morgan fingerprint density at radius 3 is 1.24 bits per heavy atom. The predicted molar refractivity (Wildman–Crippen MR) is 299 cm³/mol. The molecule has 0 spiro atoms. The molecule has 0 aliphatic heterocycles. The van der Waals surface area contributed by atoms with Gasteiger partial charge in [0.05, 0.1) is 43.6 Å². The zero-order valence-electron chi connectivity index (χ0n) is 37.8. The molecule has 0 atom stereocenters. The summed E-state index contributed by atoms with van der Waals surface area (Å²) in [7, 11) is 0. The summed E-state index contributed by atoms with van der Waals surface area (Å²) in [6.07, 6.45) is 1.10. The van der Waals surface area contributed by atoms with E-state index in [-0.39, 0.29) is 10.9 Å². The average Bonchev–Trinajstić information content (AvgIpc) is 4.07. The largest absolute Gasteiger partial charge is 0.456 e. The van der Waals surface area contributed by atoms with E-state index in [0.717, 1.165) is 48.8 Å². The molecule has 0 N–H and O–H groups in total. The second-order valence-corrected chi connectivity index (χ2v) is 19.6. The van der Waals surface area contributed by atoms with E-state index in [2.05, 4.69) is 187 Å². The quantitative estimate of drug-likeness (QED) is 0.162. The van der Waals surface area contributed by atoms with Crippen LogP contribution < -0.4 is 10.9 Å². The lowest BCUT2D eigenvalue weighted by atomic mass is 10.1. The number of nitrogens with zero attached hydrogens (tertiary/aromatic N) is 2. The number of hydrogen-bond acceptors (Lipinski definition) is 4. The molecule has 4 aromatic heterocycles. The number of halogens is 2. The zero-order valence-corrected chi connectivity index (χ0v) is 40.9. The summed E-state index contributed by atoms with van der Waals surface area (Å²) in [6, 6.07) is 73.5. The van der Waals surface area contributed by atoms with Gasteiger partial charge in [0.2, 0.25) is 10.9 Å². The molecule has 0 bridgehead atoms. The van der Waals surface area contributed by atoms with Crippen molar-refractivity contribution in [3.8, 4) is 22.5 Å². The molecule has 1 aliphatic carbocycles. The highest BCUT2D eigenvalue weighted by Gasteiger charge is 2.18. The van der Waals surface area contributed by atoms with Crippen LogP contribution in [0, 0.1) is 0 Å². The van der Waals surface area contributed by atoms with Crippen LogP contribution in [0.25, 0.3) is 110 Å². The molecule has 0 radical (unpaired) electrons. The van der Waals surface area contributed by atoms with Gasteiger partial charge < -0.3 is 18.0 Å². The van der Waals surface area contributed by atoms with E-state index < -0.39 is 0 Å². The summed E-state index contributed by atoms with van der Waals surface area (Å²) in [6.45, 7) is 0. The monoisotopic (exact) mass is 1040 g/mol. The third-order valence-corrected chi connectivity index (χ3v) is 14.6. The van der Waals surface area contributed by atoms with Gasteiger partial charge in [0, 0.05) is 47.9 Å². The molecule has 10 aromatic carbocycles. The Hall–Kier alpha value is -8.30. The van der Waals surface area contributed by atoms with Gasteiger partial charge in [-0.15, -0.1) is 0 Å². The number of fused-ring (bicyclic) bond motifs is 13. The van der Waals surface area contributed by atoms with Crippen molar-refractivity contribution in [2.75, 3.05) is 0 Å².